The zero-order valence-corrected chi connectivity index (χ0v) is 19.0. The molecule has 3 nitrogen and oxygen atoms in total. The summed E-state index contributed by atoms with van der Waals surface area (Å²) in [6.45, 7) is 8.38. The molecule has 0 spiro atoms. The van der Waals surface area contributed by atoms with Crippen molar-refractivity contribution in [2.45, 2.75) is 39.2 Å². The third-order valence-corrected chi connectivity index (χ3v) is 5.33. The second-order valence-electron chi connectivity index (χ2n) is 8.61. The molecule has 0 aliphatic rings. The molecule has 0 saturated heterocycles. The van der Waals surface area contributed by atoms with Crippen LogP contribution in [0.4, 0.5) is 10.1 Å². The summed E-state index contributed by atoms with van der Waals surface area (Å²) in [5.41, 5.74) is 4.11. The average Bonchev–Trinajstić information content (AvgIpc) is 2.73. The molecule has 0 aromatic heterocycles. The van der Waals surface area contributed by atoms with Crippen molar-refractivity contribution in [2.24, 2.45) is 0 Å². The van der Waals surface area contributed by atoms with Gasteiger partial charge in [-0.05, 0) is 59.9 Å². The van der Waals surface area contributed by atoms with E-state index in [9.17, 15) is 9.18 Å². The Balaban J connectivity index is 1.67. The summed E-state index contributed by atoms with van der Waals surface area (Å²) in [5, 5.41) is 6.73. The molecular formula is C26H27FN2OS. The number of thiocarbonyl (C=S) groups is 1. The molecule has 0 fully saturated rings. The molecule has 3 aromatic rings. The van der Waals surface area contributed by atoms with E-state index in [1.165, 1.54) is 17.7 Å². The predicted octanol–water partition coefficient (Wildman–Crippen LogP) is 6.40. The standard InChI is InChI=1S/C26H27FN2OS/c1-17(18-10-14-22(27)15-11-18)28-25(31)29-23-7-5-6-20(16-23)24(30)19-8-12-21(13-9-19)26(2,3)4/h5-17H,1-4H3,(H2,28,29,31)/t17-/m0/s1. The number of hydrogen-bond acceptors (Lipinski definition) is 2. The molecule has 0 amide bonds. The molecule has 3 rings (SSSR count). The number of rotatable bonds is 5. The fourth-order valence-electron chi connectivity index (χ4n) is 3.23. The van der Waals surface area contributed by atoms with Crippen molar-refractivity contribution in [1.82, 2.24) is 5.32 Å². The molecule has 31 heavy (non-hydrogen) atoms. The molecule has 160 valence electrons. The van der Waals surface area contributed by atoms with E-state index in [1.54, 1.807) is 24.3 Å². The quantitative estimate of drug-likeness (QED) is 0.360. The molecule has 2 N–H and O–H groups in total. The first-order chi connectivity index (χ1) is 14.6. The van der Waals surface area contributed by atoms with Gasteiger partial charge in [0.2, 0.25) is 0 Å². The van der Waals surface area contributed by atoms with E-state index >= 15 is 0 Å². The van der Waals surface area contributed by atoms with E-state index in [-0.39, 0.29) is 23.1 Å². The van der Waals surface area contributed by atoms with Gasteiger partial charge in [-0.2, -0.15) is 0 Å². The molecule has 0 aliphatic heterocycles. The van der Waals surface area contributed by atoms with Crippen LogP contribution in [0.15, 0.2) is 72.8 Å². The van der Waals surface area contributed by atoms with Crippen molar-refractivity contribution in [3.8, 4) is 0 Å². The summed E-state index contributed by atoms with van der Waals surface area (Å²) >= 11 is 5.41. The van der Waals surface area contributed by atoms with Gasteiger partial charge in [-0.1, -0.05) is 69.3 Å². The van der Waals surface area contributed by atoms with Crippen molar-refractivity contribution in [1.29, 1.82) is 0 Å². The smallest absolute Gasteiger partial charge is 0.193 e. The summed E-state index contributed by atoms with van der Waals surface area (Å²) in [4.78, 5) is 12.9. The van der Waals surface area contributed by atoms with Gasteiger partial charge in [-0.15, -0.1) is 0 Å². The molecule has 0 saturated carbocycles. The monoisotopic (exact) mass is 434 g/mol. The van der Waals surface area contributed by atoms with Crippen LogP contribution < -0.4 is 10.6 Å². The maximum atomic E-state index is 13.1. The first-order valence-corrected chi connectivity index (χ1v) is 10.6. The lowest BCUT2D eigenvalue weighted by atomic mass is 9.86. The van der Waals surface area contributed by atoms with Gasteiger partial charge < -0.3 is 10.6 Å². The maximum Gasteiger partial charge on any atom is 0.193 e. The minimum Gasteiger partial charge on any atom is -0.356 e. The van der Waals surface area contributed by atoms with E-state index < -0.39 is 0 Å². The number of carbonyl (C=O) groups is 1. The number of benzene rings is 3. The van der Waals surface area contributed by atoms with Crippen molar-refractivity contribution in [3.63, 3.8) is 0 Å². The fraction of sp³-hybridized carbons (Fsp3) is 0.231. The van der Waals surface area contributed by atoms with Crippen LogP contribution in [0.2, 0.25) is 0 Å². The lowest BCUT2D eigenvalue weighted by Crippen LogP contribution is -2.30. The average molecular weight is 435 g/mol. The molecular weight excluding hydrogens is 407 g/mol. The Morgan fingerprint density at radius 3 is 2.19 bits per heavy atom. The number of hydrogen-bond donors (Lipinski definition) is 2. The van der Waals surface area contributed by atoms with Crippen LogP contribution in [0.3, 0.4) is 0 Å². The van der Waals surface area contributed by atoms with Gasteiger partial charge in [0.05, 0.1) is 6.04 Å². The highest BCUT2D eigenvalue weighted by Crippen LogP contribution is 2.23. The maximum absolute atomic E-state index is 13.1. The first kappa shape index (κ1) is 22.6. The third kappa shape index (κ3) is 5.98. The lowest BCUT2D eigenvalue weighted by Gasteiger charge is -2.19. The van der Waals surface area contributed by atoms with E-state index in [1.807, 2.05) is 43.3 Å². The molecule has 0 heterocycles. The molecule has 5 heteroatoms. The van der Waals surface area contributed by atoms with Crippen LogP contribution in [0.25, 0.3) is 0 Å². The summed E-state index contributed by atoms with van der Waals surface area (Å²) in [6.07, 6.45) is 0. The normalized spacial score (nSPS) is 12.2. The topological polar surface area (TPSA) is 41.1 Å². The minimum absolute atomic E-state index is 0.0392. The van der Waals surface area contributed by atoms with Gasteiger partial charge in [0.25, 0.3) is 0 Å². The zero-order valence-electron chi connectivity index (χ0n) is 18.2. The van der Waals surface area contributed by atoms with Crippen LogP contribution >= 0.6 is 12.2 Å². The first-order valence-electron chi connectivity index (χ1n) is 10.2. The van der Waals surface area contributed by atoms with Gasteiger partial charge in [0, 0.05) is 16.8 Å². The number of carbonyl (C=O) groups excluding carboxylic acids is 1. The highest BCUT2D eigenvalue weighted by Gasteiger charge is 2.15. The van der Waals surface area contributed by atoms with Crippen LogP contribution in [-0.2, 0) is 5.41 Å². The summed E-state index contributed by atoms with van der Waals surface area (Å²) in [6, 6.07) is 21.2. The molecule has 3 aromatic carbocycles. The van der Waals surface area contributed by atoms with Crippen LogP contribution in [0, 0.1) is 5.82 Å². The highest BCUT2D eigenvalue weighted by molar-refractivity contribution is 7.80. The van der Waals surface area contributed by atoms with Gasteiger partial charge in [-0.25, -0.2) is 4.39 Å². The van der Waals surface area contributed by atoms with Crippen LogP contribution in [0.1, 0.15) is 60.8 Å². The van der Waals surface area contributed by atoms with Crippen LogP contribution in [-0.4, -0.2) is 10.9 Å². The Kier molecular flexibility index (Phi) is 6.86. The van der Waals surface area contributed by atoms with Gasteiger partial charge in [-0.3, -0.25) is 4.79 Å². The van der Waals surface area contributed by atoms with E-state index in [0.717, 1.165) is 11.3 Å². The molecule has 0 aliphatic carbocycles. The number of nitrogens with one attached hydrogen (secondary N) is 2. The van der Waals surface area contributed by atoms with Crippen molar-refractivity contribution >= 4 is 28.8 Å². The van der Waals surface area contributed by atoms with Gasteiger partial charge in [0.1, 0.15) is 5.82 Å². The lowest BCUT2D eigenvalue weighted by molar-refractivity contribution is 0.103. The Morgan fingerprint density at radius 1 is 0.935 bits per heavy atom. The van der Waals surface area contributed by atoms with E-state index in [2.05, 4.69) is 31.4 Å². The Morgan fingerprint density at radius 2 is 1.58 bits per heavy atom. The summed E-state index contributed by atoms with van der Waals surface area (Å²) in [5.74, 6) is -0.311. The van der Waals surface area contributed by atoms with Crippen molar-refractivity contribution < 1.29 is 9.18 Å². The van der Waals surface area contributed by atoms with Gasteiger partial charge in [0.15, 0.2) is 10.9 Å². The van der Waals surface area contributed by atoms with Crippen LogP contribution in [0.5, 0.6) is 0 Å². The second-order valence-corrected chi connectivity index (χ2v) is 9.02. The molecule has 0 radical (unpaired) electrons. The zero-order chi connectivity index (χ0) is 22.6. The third-order valence-electron chi connectivity index (χ3n) is 5.11. The number of halogens is 1. The SMILES string of the molecule is C[C@H](NC(=S)Nc1cccc(C(=O)c2ccc(C(C)(C)C)cc2)c1)c1ccc(F)cc1. The number of ketones is 1. The molecule has 0 unspecified atom stereocenters. The van der Waals surface area contributed by atoms with Crippen molar-refractivity contribution in [3.05, 3.63) is 101 Å². The van der Waals surface area contributed by atoms with Crippen molar-refractivity contribution in [2.75, 3.05) is 5.32 Å². The Bertz CT molecular complexity index is 1070. The Hall–Kier alpha value is -3.05. The second kappa shape index (κ2) is 9.40. The highest BCUT2D eigenvalue weighted by atomic mass is 32.1. The summed E-state index contributed by atoms with van der Waals surface area (Å²) < 4.78 is 13.1. The summed E-state index contributed by atoms with van der Waals surface area (Å²) in [7, 11) is 0. The number of anilines is 1. The minimum atomic E-state index is -0.272. The molecule has 0 bridgehead atoms. The molecule has 1 atom stereocenters. The van der Waals surface area contributed by atoms with Gasteiger partial charge >= 0.3 is 0 Å². The Labute approximate surface area is 188 Å². The van der Waals surface area contributed by atoms with E-state index in [4.69, 9.17) is 12.2 Å². The fourth-order valence-corrected chi connectivity index (χ4v) is 3.52. The van der Waals surface area contributed by atoms with E-state index in [0.29, 0.717) is 16.2 Å². The largest absolute Gasteiger partial charge is 0.356 e. The predicted molar refractivity (Wildman–Crippen MR) is 129 cm³/mol.